The number of Topliss-reactive ketones (excluding diaryl/α,β-unsaturated/α-hetero) is 2. The van der Waals surface area contributed by atoms with Crippen molar-refractivity contribution in [2.45, 2.75) is 120 Å². The Morgan fingerprint density at radius 3 is 1.83 bits per heavy atom. The quantitative estimate of drug-likeness (QED) is 0.236. The van der Waals surface area contributed by atoms with E-state index in [0.29, 0.717) is 55.4 Å². The number of hydrogen-bond acceptors (Lipinski definition) is 5. The molecule has 0 aromatic heterocycles. The first-order valence-electron chi connectivity index (χ1n) is 13.8. The Labute approximate surface area is 213 Å². The van der Waals surface area contributed by atoms with Gasteiger partial charge in [0.1, 0.15) is 5.76 Å². The van der Waals surface area contributed by atoms with E-state index in [1.54, 1.807) is 0 Å². The van der Waals surface area contributed by atoms with Crippen molar-refractivity contribution in [3.8, 4) is 0 Å². The number of aliphatic hydroxyl groups is 1. The van der Waals surface area contributed by atoms with Gasteiger partial charge in [0, 0.05) is 17.9 Å². The summed E-state index contributed by atoms with van der Waals surface area (Å²) >= 11 is 0. The van der Waals surface area contributed by atoms with Gasteiger partial charge in [-0.25, -0.2) is 0 Å². The summed E-state index contributed by atoms with van der Waals surface area (Å²) in [5.74, 6) is -0.412. The molecule has 0 aromatic rings. The van der Waals surface area contributed by atoms with Crippen molar-refractivity contribution >= 4 is 17.5 Å². The maximum Gasteiger partial charge on any atom is 0.311 e. The highest BCUT2D eigenvalue weighted by atomic mass is 16.5. The van der Waals surface area contributed by atoms with Crippen LogP contribution in [0.3, 0.4) is 0 Å². The number of ketones is 2. The summed E-state index contributed by atoms with van der Waals surface area (Å²) in [6.07, 6.45) is 4.97. The van der Waals surface area contributed by atoms with Crippen molar-refractivity contribution in [3.63, 3.8) is 0 Å². The Morgan fingerprint density at radius 1 is 0.886 bits per heavy atom. The van der Waals surface area contributed by atoms with E-state index in [2.05, 4.69) is 41.5 Å². The number of carbonyl (C=O) groups is 3. The molecule has 0 aliphatic heterocycles. The third-order valence-electron chi connectivity index (χ3n) is 7.14. The van der Waals surface area contributed by atoms with Gasteiger partial charge in [-0.1, -0.05) is 62.3 Å². The van der Waals surface area contributed by atoms with Crippen LogP contribution in [-0.2, 0) is 19.1 Å². The molecule has 0 heterocycles. The molecule has 1 aliphatic carbocycles. The third-order valence-corrected chi connectivity index (χ3v) is 7.14. The van der Waals surface area contributed by atoms with Gasteiger partial charge in [0.15, 0.2) is 17.3 Å². The van der Waals surface area contributed by atoms with Gasteiger partial charge in [-0.05, 0) is 69.1 Å². The largest absolute Gasteiger partial charge is 0.510 e. The highest BCUT2D eigenvalue weighted by Gasteiger charge is 2.51. The van der Waals surface area contributed by atoms with Crippen molar-refractivity contribution in [1.29, 1.82) is 0 Å². The van der Waals surface area contributed by atoms with Crippen LogP contribution in [-0.4, -0.2) is 22.6 Å². The predicted molar refractivity (Wildman–Crippen MR) is 142 cm³/mol. The summed E-state index contributed by atoms with van der Waals surface area (Å²) in [6, 6.07) is 0. The van der Waals surface area contributed by atoms with Crippen LogP contribution in [0, 0.1) is 29.1 Å². The van der Waals surface area contributed by atoms with Crippen molar-refractivity contribution in [1.82, 2.24) is 0 Å². The van der Waals surface area contributed by atoms with Crippen LogP contribution in [0.25, 0.3) is 0 Å². The number of ether oxygens (including phenoxy) is 1. The second-order valence-electron chi connectivity index (χ2n) is 11.6. The SMILES string of the molecule is CCCC(=O)OC1=C(CCC(C)C)C(=O)C(CCC(C)C)(CCC(C)C)C(O)=C1C(=O)C(C)CC. The van der Waals surface area contributed by atoms with Gasteiger partial charge in [0.2, 0.25) is 0 Å². The van der Waals surface area contributed by atoms with E-state index >= 15 is 0 Å². The number of esters is 1. The van der Waals surface area contributed by atoms with Crippen molar-refractivity contribution in [2.24, 2.45) is 29.1 Å². The summed E-state index contributed by atoms with van der Waals surface area (Å²) in [5.41, 5.74) is -0.685. The Bertz CT molecular complexity index is 801. The minimum absolute atomic E-state index is 0.0154. The zero-order valence-corrected chi connectivity index (χ0v) is 23.8. The van der Waals surface area contributed by atoms with Gasteiger partial charge in [0.05, 0.1) is 11.0 Å². The highest BCUT2D eigenvalue weighted by molar-refractivity contribution is 6.11. The number of aliphatic hydroxyl groups excluding tert-OH is 1. The predicted octanol–water partition coefficient (Wildman–Crippen LogP) is 7.89. The second kappa shape index (κ2) is 14.0. The molecule has 5 heteroatoms. The van der Waals surface area contributed by atoms with Crippen LogP contribution in [0.1, 0.15) is 120 Å². The number of rotatable bonds is 15. The zero-order chi connectivity index (χ0) is 26.9. The molecule has 200 valence electrons. The minimum Gasteiger partial charge on any atom is -0.510 e. The van der Waals surface area contributed by atoms with Crippen LogP contribution >= 0.6 is 0 Å². The average Bonchev–Trinajstić information content (AvgIpc) is 2.77. The fraction of sp³-hybridized carbons (Fsp3) is 0.767. The lowest BCUT2D eigenvalue weighted by Gasteiger charge is -2.39. The Hall–Kier alpha value is -1.91. The highest BCUT2D eigenvalue weighted by Crippen LogP contribution is 2.49. The van der Waals surface area contributed by atoms with E-state index in [1.165, 1.54) is 0 Å². The maximum atomic E-state index is 14.3. The van der Waals surface area contributed by atoms with Gasteiger partial charge in [-0.15, -0.1) is 0 Å². The molecule has 1 N–H and O–H groups in total. The van der Waals surface area contributed by atoms with Gasteiger partial charge in [-0.3, -0.25) is 14.4 Å². The molecule has 0 amide bonds. The van der Waals surface area contributed by atoms with Crippen molar-refractivity contribution in [2.75, 3.05) is 0 Å². The van der Waals surface area contributed by atoms with Crippen LogP contribution in [0.5, 0.6) is 0 Å². The Balaban J connectivity index is 3.91. The van der Waals surface area contributed by atoms with Gasteiger partial charge in [0.25, 0.3) is 0 Å². The first-order chi connectivity index (χ1) is 16.3. The molecule has 35 heavy (non-hydrogen) atoms. The Morgan fingerprint density at radius 2 is 1.40 bits per heavy atom. The molecule has 0 spiro atoms. The lowest BCUT2D eigenvalue weighted by Crippen LogP contribution is -2.42. The number of carbonyl (C=O) groups excluding carboxylic acids is 3. The normalized spacial score (nSPS) is 17.1. The molecule has 1 rings (SSSR count). The molecule has 0 aromatic carbocycles. The van der Waals surface area contributed by atoms with E-state index < -0.39 is 11.4 Å². The topological polar surface area (TPSA) is 80.7 Å². The minimum atomic E-state index is -1.15. The molecular weight excluding hydrogens is 440 g/mol. The molecule has 0 radical (unpaired) electrons. The molecule has 1 atom stereocenters. The van der Waals surface area contributed by atoms with Crippen molar-refractivity contribution in [3.05, 3.63) is 22.7 Å². The smallest absolute Gasteiger partial charge is 0.311 e. The summed E-state index contributed by atoms with van der Waals surface area (Å²) in [7, 11) is 0. The average molecular weight is 491 g/mol. The first kappa shape index (κ1) is 31.1. The monoisotopic (exact) mass is 490 g/mol. The number of hydrogen-bond donors (Lipinski definition) is 1. The van der Waals surface area contributed by atoms with E-state index in [1.807, 2.05) is 20.8 Å². The summed E-state index contributed by atoms with van der Waals surface area (Å²) in [6.45, 7) is 18.2. The molecule has 1 unspecified atom stereocenters. The zero-order valence-electron chi connectivity index (χ0n) is 23.8. The third kappa shape index (κ3) is 8.05. The van der Waals surface area contributed by atoms with E-state index in [0.717, 1.165) is 19.3 Å². The fourth-order valence-electron chi connectivity index (χ4n) is 4.46. The standard InChI is InChI=1S/C30H50O5/c1-10-12-24(31)35-27-23(14-13-19(3)4)28(33)30(17-15-20(5)6,18-16-21(7)8)29(34)25(27)26(32)22(9)11-2/h19-22,34H,10-18H2,1-9H3. The van der Waals surface area contributed by atoms with E-state index in [-0.39, 0.29) is 41.0 Å². The molecule has 0 saturated carbocycles. The lowest BCUT2D eigenvalue weighted by atomic mass is 9.64. The lowest BCUT2D eigenvalue weighted by molar-refractivity contribution is -0.139. The van der Waals surface area contributed by atoms with Gasteiger partial charge >= 0.3 is 5.97 Å². The fourth-order valence-corrected chi connectivity index (χ4v) is 4.46. The summed E-state index contributed by atoms with van der Waals surface area (Å²) < 4.78 is 5.77. The molecule has 0 bridgehead atoms. The summed E-state index contributed by atoms with van der Waals surface area (Å²) in [4.78, 5) is 40.6. The maximum absolute atomic E-state index is 14.3. The molecule has 0 saturated heterocycles. The first-order valence-corrected chi connectivity index (χ1v) is 13.8. The van der Waals surface area contributed by atoms with E-state index in [9.17, 15) is 19.5 Å². The molecule has 1 aliphatic rings. The van der Waals surface area contributed by atoms with Crippen LogP contribution in [0.15, 0.2) is 22.7 Å². The van der Waals surface area contributed by atoms with Gasteiger partial charge in [-0.2, -0.15) is 0 Å². The molecule has 5 nitrogen and oxygen atoms in total. The van der Waals surface area contributed by atoms with Crippen LogP contribution in [0.4, 0.5) is 0 Å². The number of allylic oxidation sites excluding steroid dienone is 3. The van der Waals surface area contributed by atoms with Gasteiger partial charge < -0.3 is 9.84 Å². The van der Waals surface area contributed by atoms with Crippen LogP contribution < -0.4 is 0 Å². The summed E-state index contributed by atoms with van der Waals surface area (Å²) in [5, 5.41) is 11.8. The van der Waals surface area contributed by atoms with Crippen LogP contribution in [0.2, 0.25) is 0 Å². The van der Waals surface area contributed by atoms with E-state index in [4.69, 9.17) is 4.74 Å². The molecule has 0 fully saturated rings. The molecular formula is C30H50O5. The van der Waals surface area contributed by atoms with Crippen molar-refractivity contribution < 1.29 is 24.2 Å². The Kier molecular flexibility index (Phi) is 12.4. The second-order valence-corrected chi connectivity index (χ2v) is 11.6.